The van der Waals surface area contributed by atoms with E-state index in [1.54, 1.807) is 24.3 Å². The molecule has 16 heavy (non-hydrogen) atoms. The van der Waals surface area contributed by atoms with Gasteiger partial charge in [0.25, 0.3) is 5.91 Å². The van der Waals surface area contributed by atoms with E-state index in [2.05, 4.69) is 4.98 Å². The summed E-state index contributed by atoms with van der Waals surface area (Å²) >= 11 is 0. The Hall–Kier alpha value is -2.23. The van der Waals surface area contributed by atoms with Crippen molar-refractivity contribution in [2.45, 2.75) is 0 Å². The molecule has 1 heterocycles. The van der Waals surface area contributed by atoms with Crippen LogP contribution in [0, 0.1) is 5.82 Å². The van der Waals surface area contributed by atoms with E-state index < -0.39 is 5.91 Å². The molecular formula is C12H9FN2O. The Morgan fingerprint density at radius 3 is 2.19 bits per heavy atom. The number of carbonyl (C=O) groups is 1. The maximum Gasteiger partial charge on any atom is 0.267 e. The fourth-order valence-corrected chi connectivity index (χ4v) is 1.35. The standard InChI is InChI=1S/C12H9FN2O/c13-10-4-1-8(2-5-10)9-3-6-11(12(14)16)15-7-9/h1-7H,(H2,14,16). The summed E-state index contributed by atoms with van der Waals surface area (Å²) in [5, 5.41) is 0. The van der Waals surface area contributed by atoms with Crippen molar-refractivity contribution in [3.05, 3.63) is 54.1 Å². The average Bonchev–Trinajstić information content (AvgIpc) is 2.30. The van der Waals surface area contributed by atoms with Gasteiger partial charge in [-0.3, -0.25) is 9.78 Å². The van der Waals surface area contributed by atoms with Gasteiger partial charge >= 0.3 is 0 Å². The third-order valence-electron chi connectivity index (χ3n) is 2.19. The van der Waals surface area contributed by atoms with E-state index in [9.17, 15) is 9.18 Å². The molecule has 0 spiro atoms. The van der Waals surface area contributed by atoms with Gasteiger partial charge in [0.2, 0.25) is 0 Å². The minimum Gasteiger partial charge on any atom is -0.364 e. The Morgan fingerprint density at radius 2 is 1.69 bits per heavy atom. The van der Waals surface area contributed by atoms with Gasteiger partial charge in [-0.1, -0.05) is 18.2 Å². The summed E-state index contributed by atoms with van der Waals surface area (Å²) < 4.78 is 12.7. The number of nitrogens with two attached hydrogens (primary N) is 1. The summed E-state index contributed by atoms with van der Waals surface area (Å²) in [5.41, 5.74) is 6.93. The second kappa shape index (κ2) is 4.10. The minimum atomic E-state index is -0.564. The zero-order chi connectivity index (χ0) is 11.5. The molecule has 4 heteroatoms. The van der Waals surface area contributed by atoms with Crippen LogP contribution in [0.15, 0.2) is 42.6 Å². The number of pyridine rings is 1. The maximum absolute atomic E-state index is 12.7. The highest BCUT2D eigenvalue weighted by atomic mass is 19.1. The van der Waals surface area contributed by atoms with E-state index in [-0.39, 0.29) is 11.5 Å². The summed E-state index contributed by atoms with van der Waals surface area (Å²) in [4.78, 5) is 14.7. The van der Waals surface area contributed by atoms with Gasteiger partial charge in [-0.15, -0.1) is 0 Å². The second-order valence-corrected chi connectivity index (χ2v) is 3.30. The summed E-state index contributed by atoms with van der Waals surface area (Å²) in [6.07, 6.45) is 1.54. The molecule has 0 saturated heterocycles. The van der Waals surface area contributed by atoms with Gasteiger partial charge in [0.05, 0.1) is 0 Å². The molecule has 2 rings (SSSR count). The lowest BCUT2D eigenvalue weighted by molar-refractivity contribution is 0.0995. The quantitative estimate of drug-likeness (QED) is 0.834. The molecule has 0 aliphatic rings. The monoisotopic (exact) mass is 216 g/mol. The fourth-order valence-electron chi connectivity index (χ4n) is 1.35. The van der Waals surface area contributed by atoms with Crippen LogP contribution in [-0.4, -0.2) is 10.9 Å². The van der Waals surface area contributed by atoms with Gasteiger partial charge in [-0.05, 0) is 23.8 Å². The van der Waals surface area contributed by atoms with Crippen LogP contribution in [0.25, 0.3) is 11.1 Å². The molecule has 0 bridgehead atoms. The van der Waals surface area contributed by atoms with E-state index in [0.717, 1.165) is 11.1 Å². The molecule has 1 aromatic heterocycles. The predicted octanol–water partition coefficient (Wildman–Crippen LogP) is 1.99. The van der Waals surface area contributed by atoms with Crippen molar-refractivity contribution in [1.82, 2.24) is 4.98 Å². The number of benzene rings is 1. The average molecular weight is 216 g/mol. The first kappa shape index (κ1) is 10.3. The molecule has 0 unspecified atom stereocenters. The number of nitrogens with zero attached hydrogens (tertiary/aromatic N) is 1. The third kappa shape index (κ3) is 2.06. The molecule has 0 aliphatic carbocycles. The third-order valence-corrected chi connectivity index (χ3v) is 2.19. The SMILES string of the molecule is NC(=O)c1ccc(-c2ccc(F)cc2)cn1. The topological polar surface area (TPSA) is 56.0 Å². The lowest BCUT2D eigenvalue weighted by Crippen LogP contribution is -2.12. The Morgan fingerprint density at radius 1 is 1.06 bits per heavy atom. The maximum atomic E-state index is 12.7. The van der Waals surface area contributed by atoms with Crippen molar-refractivity contribution in [3.8, 4) is 11.1 Å². The number of carbonyl (C=O) groups excluding carboxylic acids is 1. The van der Waals surface area contributed by atoms with E-state index in [1.165, 1.54) is 18.3 Å². The molecular weight excluding hydrogens is 207 g/mol. The lowest BCUT2D eigenvalue weighted by Gasteiger charge is -2.01. The minimum absolute atomic E-state index is 0.214. The molecule has 80 valence electrons. The van der Waals surface area contributed by atoms with Crippen molar-refractivity contribution in [2.75, 3.05) is 0 Å². The molecule has 1 amide bonds. The summed E-state index contributed by atoms with van der Waals surface area (Å²) in [6, 6.07) is 9.31. The number of aromatic nitrogens is 1. The van der Waals surface area contributed by atoms with Crippen molar-refractivity contribution < 1.29 is 9.18 Å². The number of amides is 1. The summed E-state index contributed by atoms with van der Waals surface area (Å²) in [6.45, 7) is 0. The second-order valence-electron chi connectivity index (χ2n) is 3.30. The number of halogens is 1. The van der Waals surface area contributed by atoms with Crippen LogP contribution >= 0.6 is 0 Å². The van der Waals surface area contributed by atoms with E-state index in [1.807, 2.05) is 0 Å². The van der Waals surface area contributed by atoms with Crippen LogP contribution in [-0.2, 0) is 0 Å². The van der Waals surface area contributed by atoms with Crippen LogP contribution in [0.1, 0.15) is 10.5 Å². The summed E-state index contributed by atoms with van der Waals surface area (Å²) in [5.74, 6) is -0.851. The largest absolute Gasteiger partial charge is 0.364 e. The Kier molecular flexibility index (Phi) is 2.64. The predicted molar refractivity (Wildman–Crippen MR) is 58.1 cm³/mol. The Balaban J connectivity index is 2.34. The van der Waals surface area contributed by atoms with Crippen LogP contribution < -0.4 is 5.73 Å². The first-order valence-corrected chi connectivity index (χ1v) is 4.68. The summed E-state index contributed by atoms with van der Waals surface area (Å²) in [7, 11) is 0. The Bertz CT molecular complexity index is 506. The van der Waals surface area contributed by atoms with Crippen LogP contribution in [0.3, 0.4) is 0 Å². The first-order valence-electron chi connectivity index (χ1n) is 4.68. The zero-order valence-electron chi connectivity index (χ0n) is 8.35. The van der Waals surface area contributed by atoms with Gasteiger partial charge in [0.1, 0.15) is 11.5 Å². The van der Waals surface area contributed by atoms with Gasteiger partial charge < -0.3 is 5.73 Å². The molecule has 0 fully saturated rings. The van der Waals surface area contributed by atoms with E-state index >= 15 is 0 Å². The van der Waals surface area contributed by atoms with Gasteiger partial charge in [-0.25, -0.2) is 4.39 Å². The number of hydrogen-bond donors (Lipinski definition) is 1. The Labute approximate surface area is 91.7 Å². The molecule has 0 radical (unpaired) electrons. The van der Waals surface area contributed by atoms with Crippen LogP contribution in [0.5, 0.6) is 0 Å². The fraction of sp³-hybridized carbons (Fsp3) is 0. The molecule has 3 nitrogen and oxygen atoms in total. The van der Waals surface area contributed by atoms with Crippen LogP contribution in [0.4, 0.5) is 4.39 Å². The van der Waals surface area contributed by atoms with E-state index in [4.69, 9.17) is 5.73 Å². The van der Waals surface area contributed by atoms with Crippen molar-refractivity contribution in [3.63, 3.8) is 0 Å². The highest BCUT2D eigenvalue weighted by molar-refractivity contribution is 5.91. The highest BCUT2D eigenvalue weighted by Gasteiger charge is 2.02. The van der Waals surface area contributed by atoms with E-state index in [0.29, 0.717) is 0 Å². The normalized spacial score (nSPS) is 10.1. The van der Waals surface area contributed by atoms with Gasteiger partial charge in [-0.2, -0.15) is 0 Å². The smallest absolute Gasteiger partial charge is 0.267 e. The van der Waals surface area contributed by atoms with Crippen molar-refractivity contribution in [1.29, 1.82) is 0 Å². The highest BCUT2D eigenvalue weighted by Crippen LogP contribution is 2.18. The first-order chi connectivity index (χ1) is 7.66. The number of hydrogen-bond acceptors (Lipinski definition) is 2. The van der Waals surface area contributed by atoms with Crippen molar-refractivity contribution in [2.24, 2.45) is 5.73 Å². The number of rotatable bonds is 2. The zero-order valence-corrected chi connectivity index (χ0v) is 8.35. The van der Waals surface area contributed by atoms with Crippen LogP contribution in [0.2, 0.25) is 0 Å². The molecule has 2 aromatic rings. The molecule has 0 atom stereocenters. The molecule has 0 aliphatic heterocycles. The van der Waals surface area contributed by atoms with Gasteiger partial charge in [0.15, 0.2) is 0 Å². The van der Waals surface area contributed by atoms with Gasteiger partial charge in [0, 0.05) is 11.8 Å². The van der Waals surface area contributed by atoms with Crippen molar-refractivity contribution >= 4 is 5.91 Å². The molecule has 0 saturated carbocycles. The number of primary amides is 1. The molecule has 2 N–H and O–H groups in total. The lowest BCUT2D eigenvalue weighted by atomic mass is 10.1. The molecule has 1 aromatic carbocycles.